The number of H-pyrrole nitrogens is 1. The van der Waals surface area contributed by atoms with Crippen LogP contribution in [0, 0.1) is 0 Å². The molecule has 0 atom stereocenters. The van der Waals surface area contributed by atoms with E-state index in [2.05, 4.69) is 15.0 Å². The molecule has 0 aliphatic rings. The summed E-state index contributed by atoms with van der Waals surface area (Å²) in [6.07, 6.45) is 3.40. The minimum Gasteiger partial charge on any atom is -0.339 e. The Hall–Kier alpha value is -2.08. The van der Waals surface area contributed by atoms with Gasteiger partial charge in [0.25, 0.3) is 5.56 Å². The molecule has 18 heavy (non-hydrogen) atoms. The molecule has 0 spiro atoms. The van der Waals surface area contributed by atoms with Crippen molar-refractivity contribution < 1.29 is 0 Å². The highest BCUT2D eigenvalue weighted by molar-refractivity contribution is 7.98. The molecule has 0 radical (unpaired) electrons. The maximum Gasteiger partial charge on any atom is 0.299 e. The van der Waals surface area contributed by atoms with Crippen molar-refractivity contribution in [2.24, 2.45) is 0 Å². The molecule has 0 amide bonds. The van der Waals surface area contributed by atoms with E-state index in [9.17, 15) is 4.79 Å². The van der Waals surface area contributed by atoms with Crippen molar-refractivity contribution in [3.05, 3.63) is 47.0 Å². The molecule has 90 valence electrons. The lowest BCUT2D eigenvalue weighted by Gasteiger charge is -2.10. The van der Waals surface area contributed by atoms with E-state index in [1.165, 1.54) is 18.1 Å². The zero-order chi connectivity index (χ0) is 12.5. The molecule has 2 heterocycles. The first-order valence-electron chi connectivity index (χ1n) is 5.37. The second-order valence-electron chi connectivity index (χ2n) is 3.68. The molecule has 0 saturated heterocycles. The molecule has 0 fully saturated rings. The molecule has 2 aromatic heterocycles. The smallest absolute Gasteiger partial charge is 0.299 e. The van der Waals surface area contributed by atoms with Gasteiger partial charge in [-0.05, 0) is 18.4 Å². The molecule has 0 bridgehead atoms. The van der Waals surface area contributed by atoms with Gasteiger partial charge in [0.15, 0.2) is 16.3 Å². The van der Waals surface area contributed by atoms with Crippen molar-refractivity contribution in [2.45, 2.75) is 5.16 Å². The molecule has 0 aliphatic carbocycles. The van der Waals surface area contributed by atoms with E-state index in [0.29, 0.717) is 16.3 Å². The number of aromatic amines is 1. The standard InChI is InChI=1S/C12H10N4OS/c1-18-12-15-11(17)9-10(14-7-13-9)16(12)8-5-3-2-4-6-8/h2-7H,1H3,(H,13,14). The fourth-order valence-corrected chi connectivity index (χ4v) is 2.39. The van der Waals surface area contributed by atoms with Gasteiger partial charge in [0, 0.05) is 5.69 Å². The highest BCUT2D eigenvalue weighted by Gasteiger charge is 2.13. The number of hydrogen-bond donors (Lipinski definition) is 1. The lowest BCUT2D eigenvalue weighted by atomic mass is 10.3. The molecular formula is C12H10N4OS. The maximum absolute atomic E-state index is 11.8. The van der Waals surface area contributed by atoms with Gasteiger partial charge in [-0.25, -0.2) is 4.98 Å². The van der Waals surface area contributed by atoms with Crippen LogP contribution in [0.4, 0.5) is 0 Å². The van der Waals surface area contributed by atoms with Gasteiger partial charge in [0.2, 0.25) is 0 Å². The molecular weight excluding hydrogens is 248 g/mol. The molecule has 3 aromatic rings. The lowest BCUT2D eigenvalue weighted by Crippen LogP contribution is -2.14. The molecule has 6 heteroatoms. The van der Waals surface area contributed by atoms with E-state index >= 15 is 0 Å². The SMILES string of the molecule is CSc1nc(=O)c2[nH]cnc2n1-c1ccccc1. The number of thioether (sulfide) groups is 1. The second-order valence-corrected chi connectivity index (χ2v) is 4.45. The van der Waals surface area contributed by atoms with Gasteiger partial charge in [0.1, 0.15) is 0 Å². The summed E-state index contributed by atoms with van der Waals surface area (Å²) in [5, 5.41) is 0.630. The Morgan fingerprint density at radius 1 is 1.28 bits per heavy atom. The van der Waals surface area contributed by atoms with Crippen molar-refractivity contribution in [2.75, 3.05) is 6.26 Å². The van der Waals surface area contributed by atoms with Crippen LogP contribution in [0.25, 0.3) is 16.9 Å². The summed E-state index contributed by atoms with van der Waals surface area (Å²) in [6.45, 7) is 0. The molecule has 1 aromatic carbocycles. The summed E-state index contributed by atoms with van der Waals surface area (Å²) in [5.41, 5.74) is 1.69. The van der Waals surface area contributed by atoms with E-state index in [-0.39, 0.29) is 5.56 Å². The third-order valence-corrected chi connectivity index (χ3v) is 3.27. The minimum absolute atomic E-state index is 0.279. The van der Waals surface area contributed by atoms with Gasteiger partial charge < -0.3 is 4.98 Å². The first-order chi connectivity index (χ1) is 8.81. The van der Waals surface area contributed by atoms with Crippen LogP contribution in [0.5, 0.6) is 0 Å². The van der Waals surface area contributed by atoms with Crippen LogP contribution in [0.15, 0.2) is 46.6 Å². The number of rotatable bonds is 2. The van der Waals surface area contributed by atoms with Crippen LogP contribution in [-0.4, -0.2) is 25.8 Å². The van der Waals surface area contributed by atoms with Crippen molar-refractivity contribution in [1.29, 1.82) is 0 Å². The Labute approximate surface area is 107 Å². The van der Waals surface area contributed by atoms with Crippen LogP contribution in [0.1, 0.15) is 0 Å². The summed E-state index contributed by atoms with van der Waals surface area (Å²) in [7, 11) is 0. The Morgan fingerprint density at radius 2 is 2.06 bits per heavy atom. The van der Waals surface area contributed by atoms with Crippen molar-refractivity contribution >= 4 is 22.9 Å². The fraction of sp³-hybridized carbons (Fsp3) is 0.0833. The van der Waals surface area contributed by atoms with Crippen molar-refractivity contribution in [3.8, 4) is 5.69 Å². The van der Waals surface area contributed by atoms with Crippen LogP contribution >= 0.6 is 11.8 Å². The largest absolute Gasteiger partial charge is 0.339 e. The van der Waals surface area contributed by atoms with Crippen molar-refractivity contribution in [1.82, 2.24) is 19.5 Å². The molecule has 5 nitrogen and oxygen atoms in total. The summed E-state index contributed by atoms with van der Waals surface area (Å²) in [6, 6.07) is 9.74. The van der Waals surface area contributed by atoms with Gasteiger partial charge >= 0.3 is 0 Å². The highest BCUT2D eigenvalue weighted by atomic mass is 32.2. The van der Waals surface area contributed by atoms with Crippen LogP contribution < -0.4 is 5.56 Å². The normalized spacial score (nSPS) is 10.9. The summed E-state index contributed by atoms with van der Waals surface area (Å²) >= 11 is 1.42. The third kappa shape index (κ3) is 1.62. The third-order valence-electron chi connectivity index (χ3n) is 2.63. The number of nitrogens with one attached hydrogen (secondary N) is 1. The van der Waals surface area contributed by atoms with Gasteiger partial charge in [-0.3, -0.25) is 9.36 Å². The zero-order valence-corrected chi connectivity index (χ0v) is 10.4. The highest BCUT2D eigenvalue weighted by Crippen LogP contribution is 2.20. The topological polar surface area (TPSA) is 63.6 Å². The number of nitrogens with zero attached hydrogens (tertiary/aromatic N) is 3. The molecule has 0 saturated carbocycles. The van der Waals surface area contributed by atoms with Gasteiger partial charge in [-0.1, -0.05) is 30.0 Å². The van der Waals surface area contributed by atoms with Gasteiger partial charge in [-0.2, -0.15) is 4.98 Å². The fourth-order valence-electron chi connectivity index (χ4n) is 1.84. The molecule has 3 rings (SSSR count). The number of hydrogen-bond acceptors (Lipinski definition) is 4. The summed E-state index contributed by atoms with van der Waals surface area (Å²) in [5.74, 6) is 0. The van der Waals surface area contributed by atoms with Crippen molar-refractivity contribution in [3.63, 3.8) is 0 Å². The number of fused-ring (bicyclic) bond motifs is 1. The lowest BCUT2D eigenvalue weighted by molar-refractivity contribution is 0.844. The zero-order valence-electron chi connectivity index (χ0n) is 9.62. The quantitative estimate of drug-likeness (QED) is 0.562. The molecule has 0 unspecified atom stereocenters. The van der Waals surface area contributed by atoms with Crippen LogP contribution in [0.3, 0.4) is 0 Å². The first kappa shape index (κ1) is 11.0. The Kier molecular flexibility index (Phi) is 2.64. The summed E-state index contributed by atoms with van der Waals surface area (Å²) < 4.78 is 1.87. The average molecular weight is 258 g/mol. The van der Waals surface area contributed by atoms with E-state index in [1.54, 1.807) is 0 Å². The number of benzene rings is 1. The van der Waals surface area contributed by atoms with E-state index in [1.807, 2.05) is 41.2 Å². The predicted octanol–water partition coefficient (Wildman–Crippen LogP) is 1.83. The minimum atomic E-state index is -0.279. The Bertz CT molecular complexity index is 748. The first-order valence-corrected chi connectivity index (χ1v) is 6.59. The monoisotopic (exact) mass is 258 g/mol. The van der Waals surface area contributed by atoms with E-state index in [0.717, 1.165) is 5.69 Å². The van der Waals surface area contributed by atoms with E-state index in [4.69, 9.17) is 0 Å². The Balaban J connectivity index is 2.43. The maximum atomic E-state index is 11.8. The number of aromatic nitrogens is 4. The van der Waals surface area contributed by atoms with Gasteiger partial charge in [0.05, 0.1) is 6.33 Å². The summed E-state index contributed by atoms with van der Waals surface area (Å²) in [4.78, 5) is 22.9. The predicted molar refractivity (Wildman–Crippen MR) is 71.3 cm³/mol. The molecule has 1 N–H and O–H groups in total. The Morgan fingerprint density at radius 3 is 2.78 bits per heavy atom. The number of para-hydroxylation sites is 1. The van der Waals surface area contributed by atoms with Gasteiger partial charge in [-0.15, -0.1) is 0 Å². The number of imidazole rings is 1. The van der Waals surface area contributed by atoms with E-state index < -0.39 is 0 Å². The average Bonchev–Trinajstić information content (AvgIpc) is 2.89. The van der Waals surface area contributed by atoms with Crippen LogP contribution in [-0.2, 0) is 0 Å². The van der Waals surface area contributed by atoms with Crippen LogP contribution in [0.2, 0.25) is 0 Å². The molecule has 0 aliphatic heterocycles. The second kappa shape index (κ2) is 4.30.